The van der Waals surface area contributed by atoms with Crippen molar-refractivity contribution in [2.45, 2.75) is 32.4 Å². The van der Waals surface area contributed by atoms with Crippen molar-refractivity contribution in [2.24, 2.45) is 0 Å². The summed E-state index contributed by atoms with van der Waals surface area (Å²) in [5.74, 6) is 0. The van der Waals surface area contributed by atoms with Gasteiger partial charge in [0.15, 0.2) is 0 Å². The molecular formula is C12H17NS. The van der Waals surface area contributed by atoms with Crippen molar-refractivity contribution in [1.29, 1.82) is 0 Å². The van der Waals surface area contributed by atoms with Crippen molar-refractivity contribution in [3.05, 3.63) is 34.5 Å². The SMILES string of the molecule is C=C(C)CN(Cc1cccs1)C1CC1. The number of rotatable bonds is 5. The minimum absolute atomic E-state index is 0.828. The zero-order valence-corrected chi connectivity index (χ0v) is 9.52. The van der Waals surface area contributed by atoms with Crippen molar-refractivity contribution >= 4 is 11.3 Å². The van der Waals surface area contributed by atoms with Gasteiger partial charge in [0.25, 0.3) is 0 Å². The van der Waals surface area contributed by atoms with Crippen molar-refractivity contribution in [1.82, 2.24) is 4.90 Å². The van der Waals surface area contributed by atoms with Gasteiger partial charge in [0.05, 0.1) is 0 Å². The summed E-state index contributed by atoms with van der Waals surface area (Å²) >= 11 is 1.85. The van der Waals surface area contributed by atoms with Crippen molar-refractivity contribution in [3.8, 4) is 0 Å². The molecular weight excluding hydrogens is 190 g/mol. The molecule has 0 bridgehead atoms. The number of nitrogens with zero attached hydrogens (tertiary/aromatic N) is 1. The molecule has 1 aromatic heterocycles. The zero-order chi connectivity index (χ0) is 9.97. The molecule has 2 heteroatoms. The van der Waals surface area contributed by atoms with Gasteiger partial charge in [0.2, 0.25) is 0 Å². The Bertz CT molecular complexity index is 298. The molecule has 0 aromatic carbocycles. The van der Waals surface area contributed by atoms with E-state index in [0.29, 0.717) is 0 Å². The first-order valence-corrected chi connectivity index (χ1v) is 6.04. The maximum Gasteiger partial charge on any atom is 0.0334 e. The van der Waals surface area contributed by atoms with E-state index in [1.54, 1.807) is 0 Å². The molecule has 1 aliphatic carbocycles. The van der Waals surface area contributed by atoms with Crippen LogP contribution in [0.15, 0.2) is 29.7 Å². The van der Waals surface area contributed by atoms with E-state index in [2.05, 4.69) is 35.9 Å². The fraction of sp³-hybridized carbons (Fsp3) is 0.500. The fourth-order valence-electron chi connectivity index (χ4n) is 1.70. The van der Waals surface area contributed by atoms with Gasteiger partial charge in [0.1, 0.15) is 0 Å². The second kappa shape index (κ2) is 4.28. The molecule has 1 saturated carbocycles. The van der Waals surface area contributed by atoms with E-state index >= 15 is 0 Å². The highest BCUT2D eigenvalue weighted by Gasteiger charge is 2.28. The second-order valence-corrected chi connectivity index (χ2v) is 5.20. The van der Waals surface area contributed by atoms with Gasteiger partial charge in [-0.15, -0.1) is 11.3 Å². The summed E-state index contributed by atoms with van der Waals surface area (Å²) < 4.78 is 0. The van der Waals surface area contributed by atoms with Crippen LogP contribution in [-0.4, -0.2) is 17.5 Å². The van der Waals surface area contributed by atoms with Crippen molar-refractivity contribution in [3.63, 3.8) is 0 Å². The van der Waals surface area contributed by atoms with Crippen molar-refractivity contribution in [2.75, 3.05) is 6.54 Å². The van der Waals surface area contributed by atoms with Gasteiger partial charge in [-0.3, -0.25) is 4.90 Å². The van der Waals surface area contributed by atoms with Crippen LogP contribution in [0.2, 0.25) is 0 Å². The summed E-state index contributed by atoms with van der Waals surface area (Å²) in [6.45, 7) is 8.28. The summed E-state index contributed by atoms with van der Waals surface area (Å²) in [4.78, 5) is 4.02. The van der Waals surface area contributed by atoms with Gasteiger partial charge < -0.3 is 0 Å². The molecule has 14 heavy (non-hydrogen) atoms. The Balaban J connectivity index is 1.93. The lowest BCUT2D eigenvalue weighted by Crippen LogP contribution is -2.26. The highest BCUT2D eigenvalue weighted by atomic mass is 32.1. The molecule has 0 N–H and O–H groups in total. The monoisotopic (exact) mass is 207 g/mol. The van der Waals surface area contributed by atoms with Crippen LogP contribution in [-0.2, 0) is 6.54 Å². The number of thiophene rings is 1. The highest BCUT2D eigenvalue weighted by Crippen LogP contribution is 2.29. The summed E-state index contributed by atoms with van der Waals surface area (Å²) in [6, 6.07) is 5.18. The van der Waals surface area contributed by atoms with E-state index in [1.807, 2.05) is 11.3 Å². The molecule has 76 valence electrons. The topological polar surface area (TPSA) is 3.24 Å². The van der Waals surface area contributed by atoms with Crippen LogP contribution in [0.5, 0.6) is 0 Å². The first-order chi connectivity index (χ1) is 6.75. The molecule has 0 radical (unpaired) electrons. The van der Waals surface area contributed by atoms with Crippen LogP contribution in [0.1, 0.15) is 24.6 Å². The first-order valence-electron chi connectivity index (χ1n) is 5.16. The van der Waals surface area contributed by atoms with Gasteiger partial charge in [-0.05, 0) is 31.2 Å². The van der Waals surface area contributed by atoms with E-state index in [1.165, 1.54) is 23.3 Å². The fourth-order valence-corrected chi connectivity index (χ4v) is 2.43. The lowest BCUT2D eigenvalue weighted by atomic mass is 10.3. The van der Waals surface area contributed by atoms with E-state index < -0.39 is 0 Å². The molecule has 1 aliphatic rings. The minimum Gasteiger partial charge on any atom is -0.291 e. The van der Waals surface area contributed by atoms with E-state index in [4.69, 9.17) is 0 Å². The number of hydrogen-bond donors (Lipinski definition) is 0. The summed E-state index contributed by atoms with van der Waals surface area (Å²) in [5.41, 5.74) is 1.27. The van der Waals surface area contributed by atoms with Gasteiger partial charge >= 0.3 is 0 Å². The Hall–Kier alpha value is -0.600. The normalized spacial score (nSPS) is 16.1. The molecule has 0 unspecified atom stereocenters. The molecule has 0 aliphatic heterocycles. The van der Waals surface area contributed by atoms with Crippen LogP contribution in [0, 0.1) is 0 Å². The highest BCUT2D eigenvalue weighted by molar-refractivity contribution is 7.09. The van der Waals surface area contributed by atoms with Crippen molar-refractivity contribution < 1.29 is 0 Å². The molecule has 0 amide bonds. The van der Waals surface area contributed by atoms with E-state index in [9.17, 15) is 0 Å². The second-order valence-electron chi connectivity index (χ2n) is 4.17. The van der Waals surface area contributed by atoms with Gasteiger partial charge in [-0.1, -0.05) is 18.2 Å². The lowest BCUT2D eigenvalue weighted by Gasteiger charge is -2.21. The predicted molar refractivity (Wildman–Crippen MR) is 62.6 cm³/mol. The quantitative estimate of drug-likeness (QED) is 0.670. The van der Waals surface area contributed by atoms with Gasteiger partial charge in [-0.25, -0.2) is 0 Å². The lowest BCUT2D eigenvalue weighted by molar-refractivity contribution is 0.280. The Labute approximate surface area is 90.1 Å². The summed E-state index contributed by atoms with van der Waals surface area (Å²) in [7, 11) is 0. The summed E-state index contributed by atoms with van der Waals surface area (Å²) in [6.07, 6.45) is 2.75. The molecule has 2 rings (SSSR count). The average Bonchev–Trinajstić information content (AvgIpc) is 2.85. The molecule has 1 nitrogen and oxygen atoms in total. The van der Waals surface area contributed by atoms with Crippen LogP contribution < -0.4 is 0 Å². The molecule has 1 aromatic rings. The third-order valence-corrected chi connectivity index (χ3v) is 3.34. The minimum atomic E-state index is 0.828. The van der Waals surface area contributed by atoms with Crippen LogP contribution in [0.3, 0.4) is 0 Å². The molecule has 1 fully saturated rings. The standard InChI is InChI=1S/C12H17NS/c1-10(2)8-13(11-5-6-11)9-12-4-3-7-14-12/h3-4,7,11H,1,5-6,8-9H2,2H3. The maximum atomic E-state index is 4.00. The first kappa shape index (κ1) is 9.94. The largest absolute Gasteiger partial charge is 0.291 e. The van der Waals surface area contributed by atoms with Crippen LogP contribution in [0.4, 0.5) is 0 Å². The molecule has 1 heterocycles. The van der Waals surface area contributed by atoms with E-state index in [0.717, 1.165) is 19.1 Å². The Morgan fingerprint density at radius 3 is 2.93 bits per heavy atom. The Morgan fingerprint density at radius 1 is 1.64 bits per heavy atom. The van der Waals surface area contributed by atoms with Crippen LogP contribution in [0.25, 0.3) is 0 Å². The third-order valence-electron chi connectivity index (χ3n) is 2.48. The molecule has 0 spiro atoms. The summed E-state index contributed by atoms with van der Waals surface area (Å²) in [5, 5.41) is 2.15. The molecule has 0 atom stereocenters. The van der Waals surface area contributed by atoms with Gasteiger partial charge in [0, 0.05) is 24.0 Å². The van der Waals surface area contributed by atoms with Crippen LogP contribution >= 0.6 is 11.3 Å². The van der Waals surface area contributed by atoms with Gasteiger partial charge in [-0.2, -0.15) is 0 Å². The average molecular weight is 207 g/mol. The predicted octanol–water partition coefficient (Wildman–Crippen LogP) is 3.29. The molecule has 0 saturated heterocycles. The Morgan fingerprint density at radius 2 is 2.43 bits per heavy atom. The third kappa shape index (κ3) is 2.69. The zero-order valence-electron chi connectivity index (χ0n) is 8.70. The Kier molecular flexibility index (Phi) is 3.04. The smallest absolute Gasteiger partial charge is 0.0334 e. The number of hydrogen-bond acceptors (Lipinski definition) is 2. The van der Waals surface area contributed by atoms with E-state index in [-0.39, 0.29) is 0 Å². The maximum absolute atomic E-state index is 4.00.